The zero-order chi connectivity index (χ0) is 15.1. The van der Waals surface area contributed by atoms with Gasteiger partial charge in [-0.2, -0.15) is 0 Å². The standard InChI is InChI=1S/C19H22O2/c1-3-8-15(2)21-19-13-12-16-9-4-5-10-17(16)18(19)11-6-7-14-20/h4-5,9-10,12-13,15,20H,3,7-8,14H2,1-2H3. The minimum Gasteiger partial charge on any atom is -0.489 e. The molecule has 0 fully saturated rings. The zero-order valence-electron chi connectivity index (χ0n) is 12.7. The van der Waals surface area contributed by atoms with Gasteiger partial charge in [0.1, 0.15) is 5.75 Å². The molecule has 0 aliphatic heterocycles. The summed E-state index contributed by atoms with van der Waals surface area (Å²) in [6.45, 7) is 4.33. The lowest BCUT2D eigenvalue weighted by molar-refractivity contribution is 0.209. The molecule has 2 heteroatoms. The fourth-order valence-electron chi connectivity index (χ4n) is 2.37. The first-order valence-corrected chi connectivity index (χ1v) is 7.54. The lowest BCUT2D eigenvalue weighted by Gasteiger charge is -2.16. The maximum atomic E-state index is 8.91. The number of rotatable bonds is 5. The third-order valence-corrected chi connectivity index (χ3v) is 3.36. The molecule has 0 aromatic heterocycles. The van der Waals surface area contributed by atoms with Gasteiger partial charge >= 0.3 is 0 Å². The molecule has 2 aromatic rings. The second kappa shape index (κ2) is 7.71. The van der Waals surface area contributed by atoms with E-state index in [1.54, 1.807) is 0 Å². The van der Waals surface area contributed by atoms with E-state index in [9.17, 15) is 0 Å². The van der Waals surface area contributed by atoms with E-state index in [-0.39, 0.29) is 12.7 Å². The van der Waals surface area contributed by atoms with Gasteiger partial charge < -0.3 is 9.84 Å². The molecule has 0 saturated heterocycles. The van der Waals surface area contributed by atoms with E-state index in [2.05, 4.69) is 43.9 Å². The van der Waals surface area contributed by atoms with Gasteiger partial charge in [-0.25, -0.2) is 0 Å². The van der Waals surface area contributed by atoms with Crippen molar-refractivity contribution in [3.8, 4) is 17.6 Å². The van der Waals surface area contributed by atoms with Crippen LogP contribution >= 0.6 is 0 Å². The SMILES string of the molecule is CCCC(C)Oc1ccc2ccccc2c1C#CCCO. The van der Waals surface area contributed by atoms with Crippen LogP contribution in [0.5, 0.6) is 5.75 Å². The van der Waals surface area contributed by atoms with Crippen LogP contribution in [0.4, 0.5) is 0 Å². The molecule has 1 N–H and O–H groups in total. The molecular formula is C19H22O2. The minimum absolute atomic E-state index is 0.0835. The molecule has 0 spiro atoms. The Balaban J connectivity index is 2.44. The van der Waals surface area contributed by atoms with Gasteiger partial charge in [-0.3, -0.25) is 0 Å². The molecule has 0 saturated carbocycles. The molecular weight excluding hydrogens is 260 g/mol. The molecule has 0 aliphatic rings. The second-order valence-electron chi connectivity index (χ2n) is 5.15. The average Bonchev–Trinajstić information content (AvgIpc) is 2.49. The number of benzene rings is 2. The van der Waals surface area contributed by atoms with Gasteiger partial charge in [-0.1, -0.05) is 55.5 Å². The van der Waals surface area contributed by atoms with Crippen molar-refractivity contribution in [2.75, 3.05) is 6.61 Å². The van der Waals surface area contributed by atoms with E-state index in [1.165, 1.54) is 0 Å². The number of aliphatic hydroxyl groups is 1. The Kier molecular flexibility index (Phi) is 5.66. The monoisotopic (exact) mass is 282 g/mol. The first-order valence-electron chi connectivity index (χ1n) is 7.54. The topological polar surface area (TPSA) is 29.5 Å². The van der Waals surface area contributed by atoms with Crippen molar-refractivity contribution in [3.63, 3.8) is 0 Å². The fourth-order valence-corrected chi connectivity index (χ4v) is 2.37. The molecule has 0 aliphatic carbocycles. The summed E-state index contributed by atoms with van der Waals surface area (Å²) in [5, 5.41) is 11.2. The van der Waals surface area contributed by atoms with Gasteiger partial charge in [0.2, 0.25) is 0 Å². The number of aliphatic hydroxyl groups excluding tert-OH is 1. The lowest BCUT2D eigenvalue weighted by Crippen LogP contribution is -2.11. The Hall–Kier alpha value is -1.98. The summed E-state index contributed by atoms with van der Waals surface area (Å²) < 4.78 is 6.06. The predicted octanol–water partition coefficient (Wildman–Crippen LogP) is 4.14. The first kappa shape index (κ1) is 15.4. The highest BCUT2D eigenvalue weighted by Gasteiger charge is 2.10. The molecule has 2 rings (SSSR count). The first-order chi connectivity index (χ1) is 10.3. The van der Waals surface area contributed by atoms with E-state index in [1.807, 2.05) is 18.2 Å². The molecule has 1 atom stereocenters. The van der Waals surface area contributed by atoms with Gasteiger partial charge in [-0.05, 0) is 24.8 Å². The molecule has 0 amide bonds. The Bertz CT molecular complexity index is 649. The largest absolute Gasteiger partial charge is 0.489 e. The average molecular weight is 282 g/mol. The van der Waals surface area contributed by atoms with Crippen molar-refractivity contribution >= 4 is 10.8 Å². The van der Waals surface area contributed by atoms with Crippen LogP contribution in [0.15, 0.2) is 36.4 Å². The maximum Gasteiger partial charge on any atom is 0.135 e. The molecule has 2 aromatic carbocycles. The normalized spacial score (nSPS) is 11.8. The Labute approximate surface area is 126 Å². The third-order valence-electron chi connectivity index (χ3n) is 3.36. The van der Waals surface area contributed by atoms with Crippen LogP contribution in [0.25, 0.3) is 10.8 Å². The van der Waals surface area contributed by atoms with Crippen LogP contribution in [0.1, 0.15) is 38.7 Å². The van der Waals surface area contributed by atoms with E-state index < -0.39 is 0 Å². The van der Waals surface area contributed by atoms with Crippen molar-refractivity contribution in [1.29, 1.82) is 0 Å². The van der Waals surface area contributed by atoms with Gasteiger partial charge in [0.25, 0.3) is 0 Å². The minimum atomic E-state index is 0.0835. The van der Waals surface area contributed by atoms with Crippen LogP contribution in [0, 0.1) is 11.8 Å². The smallest absolute Gasteiger partial charge is 0.135 e. The summed E-state index contributed by atoms with van der Waals surface area (Å²) >= 11 is 0. The van der Waals surface area contributed by atoms with Crippen molar-refractivity contribution < 1.29 is 9.84 Å². The number of fused-ring (bicyclic) bond motifs is 1. The number of hydrogen-bond donors (Lipinski definition) is 1. The van der Waals surface area contributed by atoms with Crippen molar-refractivity contribution in [2.45, 2.75) is 39.2 Å². The molecule has 21 heavy (non-hydrogen) atoms. The lowest BCUT2D eigenvalue weighted by atomic mass is 10.0. The van der Waals surface area contributed by atoms with E-state index in [4.69, 9.17) is 9.84 Å². The summed E-state index contributed by atoms with van der Waals surface area (Å²) in [5.41, 5.74) is 0.921. The number of hydrogen-bond acceptors (Lipinski definition) is 2. The summed E-state index contributed by atoms with van der Waals surface area (Å²) in [6, 6.07) is 12.2. The summed E-state index contributed by atoms with van der Waals surface area (Å²) in [7, 11) is 0. The summed E-state index contributed by atoms with van der Waals surface area (Å²) in [4.78, 5) is 0. The number of ether oxygens (including phenoxy) is 1. The van der Waals surface area contributed by atoms with Gasteiger partial charge in [0.05, 0.1) is 18.3 Å². The van der Waals surface area contributed by atoms with E-state index in [0.717, 1.165) is 34.9 Å². The highest BCUT2D eigenvalue weighted by atomic mass is 16.5. The van der Waals surface area contributed by atoms with Crippen molar-refractivity contribution in [3.05, 3.63) is 42.0 Å². The zero-order valence-corrected chi connectivity index (χ0v) is 12.7. The highest BCUT2D eigenvalue weighted by Crippen LogP contribution is 2.28. The van der Waals surface area contributed by atoms with Gasteiger partial charge in [0, 0.05) is 11.8 Å². The third kappa shape index (κ3) is 4.00. The molecule has 2 nitrogen and oxygen atoms in total. The molecule has 0 bridgehead atoms. The maximum absolute atomic E-state index is 8.91. The molecule has 110 valence electrons. The summed E-state index contributed by atoms with van der Waals surface area (Å²) in [5.74, 6) is 7.01. The van der Waals surface area contributed by atoms with Crippen LogP contribution in [0.2, 0.25) is 0 Å². The second-order valence-corrected chi connectivity index (χ2v) is 5.15. The van der Waals surface area contributed by atoms with Crippen LogP contribution in [0.3, 0.4) is 0 Å². The quantitative estimate of drug-likeness (QED) is 0.835. The Morgan fingerprint density at radius 2 is 2.00 bits per heavy atom. The Morgan fingerprint density at radius 3 is 2.76 bits per heavy atom. The fraction of sp³-hybridized carbons (Fsp3) is 0.368. The van der Waals surface area contributed by atoms with Crippen LogP contribution in [-0.2, 0) is 0 Å². The predicted molar refractivity (Wildman–Crippen MR) is 87.5 cm³/mol. The van der Waals surface area contributed by atoms with Crippen LogP contribution < -0.4 is 4.74 Å². The molecule has 0 heterocycles. The van der Waals surface area contributed by atoms with Crippen LogP contribution in [-0.4, -0.2) is 17.8 Å². The Morgan fingerprint density at radius 1 is 1.19 bits per heavy atom. The van der Waals surface area contributed by atoms with E-state index in [0.29, 0.717) is 6.42 Å². The van der Waals surface area contributed by atoms with E-state index >= 15 is 0 Å². The molecule has 0 radical (unpaired) electrons. The van der Waals surface area contributed by atoms with Gasteiger partial charge in [0.15, 0.2) is 0 Å². The molecule has 1 unspecified atom stereocenters. The van der Waals surface area contributed by atoms with Gasteiger partial charge in [-0.15, -0.1) is 0 Å². The van der Waals surface area contributed by atoms with Crippen molar-refractivity contribution in [2.24, 2.45) is 0 Å². The summed E-state index contributed by atoms with van der Waals surface area (Å²) in [6.07, 6.45) is 2.78. The van der Waals surface area contributed by atoms with Crippen molar-refractivity contribution in [1.82, 2.24) is 0 Å². The highest BCUT2D eigenvalue weighted by molar-refractivity contribution is 5.90.